The summed E-state index contributed by atoms with van der Waals surface area (Å²) in [6.45, 7) is 2.41. The van der Waals surface area contributed by atoms with E-state index in [0.29, 0.717) is 24.3 Å². The second-order valence-corrected chi connectivity index (χ2v) is 3.33. The van der Waals surface area contributed by atoms with Crippen molar-refractivity contribution in [3.8, 4) is 0 Å². The summed E-state index contributed by atoms with van der Waals surface area (Å²) in [6.07, 6.45) is 2.53. The summed E-state index contributed by atoms with van der Waals surface area (Å²) >= 11 is 5.52. The number of anilines is 1. The van der Waals surface area contributed by atoms with Crippen molar-refractivity contribution in [1.82, 2.24) is 15.2 Å². The average Bonchev–Trinajstić information content (AvgIpc) is 2.95. The molecule has 16 heavy (non-hydrogen) atoms. The van der Waals surface area contributed by atoms with E-state index in [1.165, 1.54) is 0 Å². The lowest BCUT2D eigenvalue weighted by molar-refractivity contribution is 0.460. The van der Waals surface area contributed by atoms with Crippen LogP contribution in [0.2, 0.25) is 0 Å². The Morgan fingerprint density at radius 2 is 2.19 bits per heavy atom. The van der Waals surface area contributed by atoms with Gasteiger partial charge in [-0.1, -0.05) is 12.0 Å². The van der Waals surface area contributed by atoms with Gasteiger partial charge >= 0.3 is 6.01 Å². The third-order valence-electron chi connectivity index (χ3n) is 1.92. The molecule has 2 aromatic heterocycles. The first-order valence-electron chi connectivity index (χ1n) is 4.87. The number of aryl methyl sites for hydroxylation is 1. The van der Waals surface area contributed by atoms with Crippen LogP contribution in [0.15, 0.2) is 15.0 Å². The van der Waals surface area contributed by atoms with Gasteiger partial charge in [-0.2, -0.15) is 0 Å². The van der Waals surface area contributed by atoms with Gasteiger partial charge in [-0.25, -0.2) is 4.98 Å². The van der Waals surface area contributed by atoms with Gasteiger partial charge in [0.05, 0.1) is 12.7 Å². The SMILES string of the molecule is CCc1cnc(CNc2nnc(CCl)o2)o1. The molecule has 0 radical (unpaired) electrons. The monoisotopic (exact) mass is 242 g/mol. The van der Waals surface area contributed by atoms with Crippen LogP contribution in [0.1, 0.15) is 24.5 Å². The van der Waals surface area contributed by atoms with Crippen LogP contribution in [-0.4, -0.2) is 15.2 Å². The van der Waals surface area contributed by atoms with E-state index in [1.54, 1.807) is 6.20 Å². The zero-order valence-electron chi connectivity index (χ0n) is 8.73. The highest BCUT2D eigenvalue weighted by atomic mass is 35.5. The van der Waals surface area contributed by atoms with Gasteiger partial charge < -0.3 is 14.2 Å². The number of nitrogens with one attached hydrogen (secondary N) is 1. The van der Waals surface area contributed by atoms with Gasteiger partial charge in [0.25, 0.3) is 0 Å². The van der Waals surface area contributed by atoms with Gasteiger partial charge in [0.1, 0.15) is 11.6 Å². The molecule has 6 nitrogen and oxygen atoms in total. The highest BCUT2D eigenvalue weighted by Crippen LogP contribution is 2.10. The molecule has 0 aliphatic carbocycles. The van der Waals surface area contributed by atoms with Crippen LogP contribution in [0.4, 0.5) is 6.01 Å². The van der Waals surface area contributed by atoms with Crippen LogP contribution in [0.25, 0.3) is 0 Å². The molecule has 2 aromatic rings. The van der Waals surface area contributed by atoms with Crippen molar-refractivity contribution < 1.29 is 8.83 Å². The van der Waals surface area contributed by atoms with Crippen molar-refractivity contribution in [2.45, 2.75) is 25.8 Å². The molecule has 0 bridgehead atoms. The van der Waals surface area contributed by atoms with Crippen molar-refractivity contribution in [2.24, 2.45) is 0 Å². The van der Waals surface area contributed by atoms with E-state index >= 15 is 0 Å². The first-order chi connectivity index (χ1) is 7.81. The molecule has 0 unspecified atom stereocenters. The zero-order chi connectivity index (χ0) is 11.4. The number of rotatable bonds is 5. The Balaban J connectivity index is 1.91. The standard InChI is InChI=1S/C9H11ClN4O2/c1-2-6-4-11-8(15-6)5-12-9-14-13-7(3-10)16-9/h4H,2-3,5H2,1H3,(H,12,14). The quantitative estimate of drug-likeness (QED) is 0.808. The summed E-state index contributed by atoms with van der Waals surface area (Å²) in [5.74, 6) is 2.02. The van der Waals surface area contributed by atoms with E-state index in [-0.39, 0.29) is 5.88 Å². The lowest BCUT2D eigenvalue weighted by Crippen LogP contribution is -1.99. The van der Waals surface area contributed by atoms with Crippen molar-refractivity contribution in [1.29, 1.82) is 0 Å². The van der Waals surface area contributed by atoms with Crippen molar-refractivity contribution >= 4 is 17.6 Å². The van der Waals surface area contributed by atoms with Crippen LogP contribution in [0.3, 0.4) is 0 Å². The molecule has 0 saturated carbocycles. The first-order valence-corrected chi connectivity index (χ1v) is 5.41. The summed E-state index contributed by atoms with van der Waals surface area (Å²) < 4.78 is 10.6. The number of aromatic nitrogens is 3. The zero-order valence-corrected chi connectivity index (χ0v) is 9.49. The lowest BCUT2D eigenvalue weighted by Gasteiger charge is -1.95. The van der Waals surface area contributed by atoms with Crippen molar-refractivity contribution in [2.75, 3.05) is 5.32 Å². The number of halogens is 1. The fraction of sp³-hybridized carbons (Fsp3) is 0.444. The molecule has 0 aliphatic rings. The van der Waals surface area contributed by atoms with Crippen molar-refractivity contribution in [3.63, 3.8) is 0 Å². The minimum absolute atomic E-state index is 0.202. The molecule has 7 heteroatoms. The molecular weight excluding hydrogens is 232 g/mol. The highest BCUT2D eigenvalue weighted by molar-refractivity contribution is 6.16. The van der Waals surface area contributed by atoms with Crippen molar-refractivity contribution in [3.05, 3.63) is 23.7 Å². The summed E-state index contributed by atoms with van der Waals surface area (Å²) in [5, 5.41) is 10.4. The van der Waals surface area contributed by atoms with E-state index in [1.807, 2.05) is 6.92 Å². The number of hydrogen-bond acceptors (Lipinski definition) is 6. The van der Waals surface area contributed by atoms with Crippen LogP contribution in [-0.2, 0) is 18.8 Å². The fourth-order valence-corrected chi connectivity index (χ4v) is 1.23. The molecule has 0 amide bonds. The Morgan fingerprint density at radius 3 is 2.81 bits per heavy atom. The predicted octanol–water partition coefficient (Wildman–Crippen LogP) is 1.97. The highest BCUT2D eigenvalue weighted by Gasteiger charge is 2.06. The predicted molar refractivity (Wildman–Crippen MR) is 57.1 cm³/mol. The molecule has 2 heterocycles. The molecule has 0 saturated heterocycles. The number of alkyl halides is 1. The fourth-order valence-electron chi connectivity index (χ4n) is 1.12. The van der Waals surface area contributed by atoms with Crippen LogP contribution in [0, 0.1) is 0 Å². The minimum Gasteiger partial charge on any atom is -0.444 e. The topological polar surface area (TPSA) is 77.0 Å². The Kier molecular flexibility index (Phi) is 3.40. The van der Waals surface area contributed by atoms with Gasteiger partial charge in [-0.15, -0.1) is 16.7 Å². The molecule has 0 fully saturated rings. The van der Waals surface area contributed by atoms with E-state index < -0.39 is 0 Å². The van der Waals surface area contributed by atoms with Gasteiger partial charge in [0.15, 0.2) is 0 Å². The first kappa shape index (κ1) is 10.9. The number of nitrogens with zero attached hydrogens (tertiary/aromatic N) is 3. The lowest BCUT2D eigenvalue weighted by atomic mass is 10.4. The van der Waals surface area contributed by atoms with E-state index in [2.05, 4.69) is 20.5 Å². The average molecular weight is 243 g/mol. The Morgan fingerprint density at radius 1 is 1.31 bits per heavy atom. The second-order valence-electron chi connectivity index (χ2n) is 3.06. The van der Waals surface area contributed by atoms with Gasteiger partial charge in [0.2, 0.25) is 11.8 Å². The molecular formula is C9H11ClN4O2. The second kappa shape index (κ2) is 4.98. The van der Waals surface area contributed by atoms with Crippen LogP contribution < -0.4 is 5.32 Å². The Bertz CT molecular complexity index is 412. The normalized spacial score (nSPS) is 10.6. The maximum absolute atomic E-state index is 5.52. The molecule has 1 N–H and O–H groups in total. The molecule has 0 spiro atoms. The van der Waals surface area contributed by atoms with E-state index in [0.717, 1.165) is 12.2 Å². The van der Waals surface area contributed by atoms with Gasteiger partial charge in [0, 0.05) is 6.42 Å². The van der Waals surface area contributed by atoms with E-state index in [4.69, 9.17) is 20.4 Å². The molecule has 0 atom stereocenters. The summed E-state index contributed by atoms with van der Waals surface area (Å²) in [4.78, 5) is 4.08. The molecule has 2 rings (SSSR count). The Labute approximate surface area is 97.0 Å². The molecule has 86 valence electrons. The summed E-state index contributed by atoms with van der Waals surface area (Å²) in [7, 11) is 0. The largest absolute Gasteiger partial charge is 0.444 e. The summed E-state index contributed by atoms with van der Waals surface area (Å²) in [5.41, 5.74) is 0. The maximum atomic E-state index is 5.52. The third-order valence-corrected chi connectivity index (χ3v) is 2.15. The smallest absolute Gasteiger partial charge is 0.315 e. The summed E-state index contributed by atoms with van der Waals surface area (Å²) in [6, 6.07) is 0.312. The van der Waals surface area contributed by atoms with Crippen LogP contribution >= 0.6 is 11.6 Å². The molecule has 0 aliphatic heterocycles. The minimum atomic E-state index is 0.202. The number of oxazole rings is 1. The van der Waals surface area contributed by atoms with Gasteiger partial charge in [-0.3, -0.25) is 0 Å². The Hall–Kier alpha value is -1.56. The maximum Gasteiger partial charge on any atom is 0.315 e. The number of hydrogen-bond donors (Lipinski definition) is 1. The van der Waals surface area contributed by atoms with Gasteiger partial charge in [-0.05, 0) is 0 Å². The van der Waals surface area contributed by atoms with Crippen LogP contribution in [0.5, 0.6) is 0 Å². The third kappa shape index (κ3) is 2.52. The molecule has 0 aromatic carbocycles. The van der Waals surface area contributed by atoms with E-state index in [9.17, 15) is 0 Å².